The highest BCUT2D eigenvalue weighted by Crippen LogP contribution is 2.37. The number of Topliss-reactive ketones (excluding diaryl/α,β-unsaturated/α-hetero) is 1. The van der Waals surface area contributed by atoms with Crippen LogP contribution in [0.5, 0.6) is 0 Å². The van der Waals surface area contributed by atoms with Gasteiger partial charge in [0.25, 0.3) is 0 Å². The Morgan fingerprint density at radius 3 is 2.35 bits per heavy atom. The topological polar surface area (TPSA) is 99.2 Å². The largest absolute Gasteiger partial charge is 0.394 e. The summed E-state index contributed by atoms with van der Waals surface area (Å²) in [6, 6.07) is 25.1. The molecule has 0 radical (unpaired) electrons. The number of benzene rings is 3. The fourth-order valence-electron chi connectivity index (χ4n) is 5.68. The van der Waals surface area contributed by atoms with Gasteiger partial charge in [-0.1, -0.05) is 79.9 Å². The summed E-state index contributed by atoms with van der Waals surface area (Å²) in [6.45, 7) is 0.0643. The van der Waals surface area contributed by atoms with Crippen molar-refractivity contribution in [3.05, 3.63) is 95.6 Å². The molecule has 0 unspecified atom stereocenters. The quantitative estimate of drug-likeness (QED) is 0.333. The van der Waals surface area contributed by atoms with E-state index in [1.165, 1.54) is 19.3 Å². The van der Waals surface area contributed by atoms with Crippen molar-refractivity contribution in [1.82, 2.24) is 5.01 Å². The number of anilines is 2. The highest BCUT2D eigenvalue weighted by Gasteiger charge is 2.34. The van der Waals surface area contributed by atoms with Crippen LogP contribution in [0.15, 0.2) is 84.0 Å². The number of hydrogen-bond acceptors (Lipinski definition) is 5. The Bertz CT molecular complexity index is 1330. The predicted molar refractivity (Wildman–Crippen MR) is 159 cm³/mol. The normalized spacial score (nSPS) is 16.8. The first-order chi connectivity index (χ1) is 19.5. The number of nitrogens with zero attached hydrogens (tertiary/aromatic N) is 3. The maximum atomic E-state index is 14.2. The molecule has 1 aliphatic carbocycles. The van der Waals surface area contributed by atoms with Crippen molar-refractivity contribution in [1.29, 1.82) is 0 Å². The summed E-state index contributed by atoms with van der Waals surface area (Å²) in [5.41, 5.74) is 11.4. The zero-order valence-corrected chi connectivity index (χ0v) is 22.9. The smallest absolute Gasteiger partial charge is 0.349 e. The number of carbonyl (C=O) groups is 2. The second-order valence-electron chi connectivity index (χ2n) is 10.8. The molecule has 1 fully saturated rings. The molecule has 2 amide bonds. The van der Waals surface area contributed by atoms with Crippen LogP contribution in [-0.4, -0.2) is 40.3 Å². The molecular weight excluding hydrogens is 500 g/mol. The Hall–Kier alpha value is -3.81. The zero-order valence-electron chi connectivity index (χ0n) is 22.9. The van der Waals surface area contributed by atoms with Gasteiger partial charge in [0.15, 0.2) is 5.78 Å². The second-order valence-corrected chi connectivity index (χ2v) is 10.8. The molecule has 2 aliphatic rings. The number of hydrazone groups is 1. The van der Waals surface area contributed by atoms with E-state index in [-0.39, 0.29) is 18.4 Å². The molecule has 1 heterocycles. The van der Waals surface area contributed by atoms with Crippen LogP contribution in [0.3, 0.4) is 0 Å². The van der Waals surface area contributed by atoms with E-state index in [1.807, 2.05) is 72.8 Å². The number of rotatable bonds is 10. The number of fused-ring (bicyclic) bond motifs is 1. The number of aliphatic hydroxyl groups is 1. The summed E-state index contributed by atoms with van der Waals surface area (Å²) in [5, 5.41) is 15.8. The van der Waals surface area contributed by atoms with Crippen molar-refractivity contribution in [2.75, 3.05) is 11.5 Å². The van der Waals surface area contributed by atoms with Gasteiger partial charge in [-0.2, -0.15) is 5.10 Å². The molecule has 0 bridgehead atoms. The number of nitrogens with two attached hydrogens (primary N) is 1. The van der Waals surface area contributed by atoms with E-state index in [0.29, 0.717) is 31.7 Å². The molecular formula is C33H38N4O3. The van der Waals surface area contributed by atoms with E-state index in [0.717, 1.165) is 46.6 Å². The average molecular weight is 539 g/mol. The van der Waals surface area contributed by atoms with Crippen LogP contribution in [0, 0.1) is 5.92 Å². The fourth-order valence-corrected chi connectivity index (χ4v) is 5.68. The number of ketones is 1. The Morgan fingerprint density at radius 1 is 0.925 bits per heavy atom. The zero-order chi connectivity index (χ0) is 27.9. The number of aryl methyl sites for hydroxylation is 1. The molecule has 1 atom stereocenters. The Morgan fingerprint density at radius 2 is 1.62 bits per heavy atom. The van der Waals surface area contributed by atoms with Gasteiger partial charge in [-0.25, -0.2) is 9.80 Å². The van der Waals surface area contributed by atoms with Crippen molar-refractivity contribution < 1.29 is 14.7 Å². The van der Waals surface area contributed by atoms with Crippen LogP contribution in [0.2, 0.25) is 0 Å². The van der Waals surface area contributed by atoms with Crippen LogP contribution >= 0.6 is 0 Å². The lowest BCUT2D eigenvalue weighted by Crippen LogP contribution is -2.36. The molecule has 0 saturated heterocycles. The molecule has 3 aromatic carbocycles. The summed E-state index contributed by atoms with van der Waals surface area (Å²) >= 11 is 0. The lowest BCUT2D eigenvalue weighted by molar-refractivity contribution is -0.121. The first-order valence-electron chi connectivity index (χ1n) is 14.4. The van der Waals surface area contributed by atoms with Crippen molar-refractivity contribution in [2.24, 2.45) is 16.8 Å². The molecule has 7 heteroatoms. The molecule has 0 spiro atoms. The van der Waals surface area contributed by atoms with Gasteiger partial charge in [-0.05, 0) is 55.0 Å². The summed E-state index contributed by atoms with van der Waals surface area (Å²) in [6.07, 6.45) is 7.48. The molecule has 0 aromatic heterocycles. The second kappa shape index (κ2) is 13.0. The summed E-state index contributed by atoms with van der Waals surface area (Å²) in [7, 11) is 0. The van der Waals surface area contributed by atoms with Crippen LogP contribution < -0.4 is 10.6 Å². The maximum Gasteiger partial charge on any atom is 0.349 e. The van der Waals surface area contributed by atoms with Crippen molar-refractivity contribution >= 4 is 28.9 Å². The minimum atomic E-state index is -0.809. The maximum absolute atomic E-state index is 14.2. The van der Waals surface area contributed by atoms with Crippen LogP contribution in [0.25, 0.3) is 0 Å². The predicted octanol–water partition coefficient (Wildman–Crippen LogP) is 5.96. The number of urea groups is 1. The molecule has 1 aliphatic heterocycles. The van der Waals surface area contributed by atoms with Gasteiger partial charge < -0.3 is 10.8 Å². The number of aliphatic hydroxyl groups excluding tert-OH is 1. The molecule has 3 aromatic rings. The molecule has 5 rings (SSSR count). The van der Waals surface area contributed by atoms with Gasteiger partial charge in [-0.3, -0.25) is 9.69 Å². The van der Waals surface area contributed by atoms with Crippen molar-refractivity contribution in [2.45, 2.75) is 64.0 Å². The van der Waals surface area contributed by atoms with Gasteiger partial charge in [-0.15, -0.1) is 0 Å². The fraction of sp³-hybridized carbons (Fsp3) is 0.364. The van der Waals surface area contributed by atoms with E-state index in [9.17, 15) is 9.59 Å². The van der Waals surface area contributed by atoms with Crippen LogP contribution in [-0.2, 0) is 17.8 Å². The minimum absolute atomic E-state index is 0.127. The average Bonchev–Trinajstić information content (AvgIpc) is 3.12. The SMILES string of the molecule is N[C@@H](CO)C(=O)CCCc1ccc(N2C(=O)N(Cc3ccccc3)N=C(C3CCCCC3)c3ccccc32)cc1. The van der Waals surface area contributed by atoms with E-state index in [2.05, 4.69) is 6.07 Å². The third-order valence-electron chi connectivity index (χ3n) is 7.92. The lowest BCUT2D eigenvalue weighted by atomic mass is 9.83. The van der Waals surface area contributed by atoms with Crippen molar-refractivity contribution in [3.63, 3.8) is 0 Å². The van der Waals surface area contributed by atoms with E-state index in [1.54, 1.807) is 9.91 Å². The van der Waals surface area contributed by atoms with E-state index >= 15 is 0 Å². The molecule has 40 heavy (non-hydrogen) atoms. The van der Waals surface area contributed by atoms with Crippen LogP contribution in [0.4, 0.5) is 16.2 Å². The minimum Gasteiger partial charge on any atom is -0.394 e. The van der Waals surface area contributed by atoms with E-state index in [4.69, 9.17) is 15.9 Å². The van der Waals surface area contributed by atoms with E-state index < -0.39 is 6.04 Å². The number of amides is 2. The summed E-state index contributed by atoms with van der Waals surface area (Å²) in [4.78, 5) is 28.0. The highest BCUT2D eigenvalue weighted by atomic mass is 16.3. The molecule has 7 nitrogen and oxygen atoms in total. The standard InChI is InChI=1S/C33H38N4O3/c34-29(23-38)31(39)17-9-12-24-18-20-27(21-19-24)37-30-16-8-7-15-28(30)32(26-13-5-2-6-14-26)35-36(33(37)40)22-25-10-3-1-4-11-25/h1,3-4,7-8,10-11,15-16,18-21,26,29,38H,2,5-6,9,12-14,17,22-23,34H2/t29-/m0/s1. The number of carbonyl (C=O) groups excluding carboxylic acids is 2. The Kier molecular flexibility index (Phi) is 9.04. The summed E-state index contributed by atoms with van der Waals surface area (Å²) in [5.74, 6) is 0.197. The monoisotopic (exact) mass is 538 g/mol. The molecule has 208 valence electrons. The highest BCUT2D eigenvalue weighted by molar-refractivity contribution is 6.13. The van der Waals surface area contributed by atoms with Gasteiger partial charge in [0.1, 0.15) is 0 Å². The third kappa shape index (κ3) is 6.32. The molecule has 3 N–H and O–H groups in total. The van der Waals surface area contributed by atoms with Gasteiger partial charge in [0.2, 0.25) is 0 Å². The van der Waals surface area contributed by atoms with Gasteiger partial charge >= 0.3 is 6.03 Å². The molecule has 1 saturated carbocycles. The number of para-hydroxylation sites is 1. The Labute approximate surface area is 236 Å². The first-order valence-corrected chi connectivity index (χ1v) is 14.4. The third-order valence-corrected chi connectivity index (χ3v) is 7.92. The summed E-state index contributed by atoms with van der Waals surface area (Å²) < 4.78 is 0. The first kappa shape index (κ1) is 27.7. The van der Waals surface area contributed by atoms with Gasteiger partial charge in [0.05, 0.1) is 36.3 Å². The Balaban J connectivity index is 1.45. The van der Waals surface area contributed by atoms with Crippen LogP contribution in [0.1, 0.15) is 61.6 Å². The lowest BCUT2D eigenvalue weighted by Gasteiger charge is -2.27. The van der Waals surface area contributed by atoms with Gasteiger partial charge in [0, 0.05) is 17.9 Å². The number of hydrogen-bond donors (Lipinski definition) is 2. The van der Waals surface area contributed by atoms with Crippen molar-refractivity contribution in [3.8, 4) is 0 Å².